The molecule has 0 aliphatic carbocycles. The predicted octanol–water partition coefficient (Wildman–Crippen LogP) is 3.64. The van der Waals surface area contributed by atoms with Crippen LogP contribution in [0.5, 0.6) is 0 Å². The van der Waals surface area contributed by atoms with Crippen molar-refractivity contribution in [3.05, 3.63) is 76.8 Å². The normalized spacial score (nSPS) is 16.3. The highest BCUT2D eigenvalue weighted by atomic mass is 32.1. The van der Waals surface area contributed by atoms with E-state index in [0.717, 1.165) is 28.3 Å². The molecule has 1 aliphatic rings. The van der Waals surface area contributed by atoms with Gasteiger partial charge in [-0.3, -0.25) is 4.79 Å². The molecule has 0 spiro atoms. The van der Waals surface area contributed by atoms with Crippen molar-refractivity contribution < 1.29 is 4.79 Å². The molecule has 3 heterocycles. The molecule has 1 amide bonds. The van der Waals surface area contributed by atoms with Crippen LogP contribution >= 0.6 is 11.3 Å². The topological polar surface area (TPSA) is 63.9 Å². The maximum Gasteiger partial charge on any atom is 0.255 e. The van der Waals surface area contributed by atoms with Gasteiger partial charge in [0.1, 0.15) is 5.82 Å². The molecule has 0 N–H and O–H groups in total. The Bertz CT molecular complexity index is 1150. The molecule has 4 aromatic rings. The molecule has 5 rings (SSSR count). The molecule has 28 heavy (non-hydrogen) atoms. The number of aromatic nitrogens is 4. The van der Waals surface area contributed by atoms with E-state index in [2.05, 4.69) is 31.9 Å². The first-order chi connectivity index (χ1) is 13.7. The molecule has 0 saturated carbocycles. The van der Waals surface area contributed by atoms with Crippen molar-refractivity contribution in [3.63, 3.8) is 0 Å². The van der Waals surface area contributed by atoms with Crippen LogP contribution in [0, 0.1) is 6.92 Å². The number of hydrogen-bond acceptors (Lipinski definition) is 5. The number of fused-ring (bicyclic) bond motifs is 2. The highest BCUT2D eigenvalue weighted by Crippen LogP contribution is 2.29. The smallest absolute Gasteiger partial charge is 0.255 e. The first-order valence-electron chi connectivity index (χ1n) is 9.26. The second-order valence-electron chi connectivity index (χ2n) is 7.07. The Balaban J connectivity index is 1.50. The Morgan fingerprint density at radius 1 is 1.14 bits per heavy atom. The molecule has 1 aliphatic heterocycles. The third kappa shape index (κ3) is 2.88. The fourth-order valence-electron chi connectivity index (χ4n) is 3.99. The van der Waals surface area contributed by atoms with Crippen molar-refractivity contribution in [1.82, 2.24) is 24.6 Å². The summed E-state index contributed by atoms with van der Waals surface area (Å²) in [5.41, 5.74) is 4.61. The summed E-state index contributed by atoms with van der Waals surface area (Å²) in [5, 5.41) is 8.60. The molecule has 0 bridgehead atoms. The molecule has 0 radical (unpaired) electrons. The molecule has 7 heteroatoms. The van der Waals surface area contributed by atoms with E-state index in [1.54, 1.807) is 5.51 Å². The number of hydrogen-bond donors (Lipinski definition) is 0. The average Bonchev–Trinajstić information content (AvgIpc) is 3.35. The van der Waals surface area contributed by atoms with E-state index in [4.69, 9.17) is 0 Å². The second-order valence-corrected chi connectivity index (χ2v) is 7.92. The lowest BCUT2D eigenvalue weighted by atomic mass is 10.0. The first kappa shape index (κ1) is 17.1. The number of rotatable bonds is 3. The summed E-state index contributed by atoms with van der Waals surface area (Å²) in [6.45, 7) is 3.08. The van der Waals surface area contributed by atoms with Gasteiger partial charge in [0, 0.05) is 6.54 Å². The van der Waals surface area contributed by atoms with E-state index in [1.807, 2.05) is 48.2 Å². The van der Waals surface area contributed by atoms with Gasteiger partial charge in [-0.2, -0.15) is 0 Å². The molecular formula is C21H19N5OS. The van der Waals surface area contributed by atoms with Crippen LogP contribution in [0.2, 0.25) is 0 Å². The predicted molar refractivity (Wildman–Crippen MR) is 108 cm³/mol. The van der Waals surface area contributed by atoms with Gasteiger partial charge in [-0.1, -0.05) is 36.4 Å². The summed E-state index contributed by atoms with van der Waals surface area (Å²) < 4.78 is 3.12. The van der Waals surface area contributed by atoms with Crippen LogP contribution in [0.4, 0.5) is 0 Å². The molecule has 0 saturated heterocycles. The van der Waals surface area contributed by atoms with Crippen molar-refractivity contribution in [3.8, 4) is 0 Å². The van der Waals surface area contributed by atoms with E-state index in [-0.39, 0.29) is 11.9 Å². The van der Waals surface area contributed by atoms with Gasteiger partial charge in [0.15, 0.2) is 5.82 Å². The SMILES string of the molecule is Cc1nnc2n1[C@H](Cc1ccccc1)CN(C(=O)c1cccc3ncsc13)C2. The summed E-state index contributed by atoms with van der Waals surface area (Å²) in [5.74, 6) is 1.77. The Morgan fingerprint density at radius 2 is 2.00 bits per heavy atom. The number of amides is 1. The number of carbonyl (C=O) groups excluding carboxylic acids is 1. The molecule has 0 fully saturated rings. The summed E-state index contributed by atoms with van der Waals surface area (Å²) in [6, 6.07) is 16.2. The zero-order valence-electron chi connectivity index (χ0n) is 15.4. The number of benzene rings is 2. The van der Waals surface area contributed by atoms with Crippen molar-refractivity contribution in [2.45, 2.75) is 25.9 Å². The van der Waals surface area contributed by atoms with E-state index >= 15 is 0 Å². The van der Waals surface area contributed by atoms with Crippen molar-refractivity contribution in [1.29, 1.82) is 0 Å². The molecule has 2 aromatic heterocycles. The van der Waals surface area contributed by atoms with E-state index in [0.29, 0.717) is 18.7 Å². The van der Waals surface area contributed by atoms with Crippen LogP contribution in [0.15, 0.2) is 54.0 Å². The van der Waals surface area contributed by atoms with Gasteiger partial charge >= 0.3 is 0 Å². The zero-order chi connectivity index (χ0) is 19.1. The Labute approximate surface area is 166 Å². The summed E-state index contributed by atoms with van der Waals surface area (Å²) in [4.78, 5) is 19.6. The lowest BCUT2D eigenvalue weighted by Gasteiger charge is -2.34. The molecule has 1 atom stereocenters. The van der Waals surface area contributed by atoms with Crippen LogP contribution in [0.25, 0.3) is 10.2 Å². The monoisotopic (exact) mass is 389 g/mol. The van der Waals surface area contributed by atoms with Gasteiger partial charge in [-0.05, 0) is 31.0 Å². The van der Waals surface area contributed by atoms with Gasteiger partial charge in [0.25, 0.3) is 5.91 Å². The number of aryl methyl sites for hydroxylation is 1. The van der Waals surface area contributed by atoms with Crippen LogP contribution in [-0.2, 0) is 13.0 Å². The highest BCUT2D eigenvalue weighted by Gasteiger charge is 2.31. The minimum Gasteiger partial charge on any atom is -0.329 e. The molecular weight excluding hydrogens is 370 g/mol. The van der Waals surface area contributed by atoms with Crippen LogP contribution in [0.1, 0.15) is 33.6 Å². The molecule has 0 unspecified atom stereocenters. The maximum atomic E-state index is 13.4. The van der Waals surface area contributed by atoms with E-state index in [9.17, 15) is 4.79 Å². The third-order valence-electron chi connectivity index (χ3n) is 5.25. The van der Waals surface area contributed by atoms with Gasteiger partial charge < -0.3 is 9.47 Å². The number of carbonyl (C=O) groups is 1. The first-order valence-corrected chi connectivity index (χ1v) is 10.1. The van der Waals surface area contributed by atoms with Gasteiger partial charge in [-0.15, -0.1) is 21.5 Å². The largest absolute Gasteiger partial charge is 0.329 e. The molecule has 140 valence electrons. The lowest BCUT2D eigenvalue weighted by molar-refractivity contribution is 0.0674. The van der Waals surface area contributed by atoms with E-state index in [1.165, 1.54) is 16.9 Å². The van der Waals surface area contributed by atoms with Crippen LogP contribution in [0.3, 0.4) is 0 Å². The molecule has 2 aromatic carbocycles. The third-order valence-corrected chi connectivity index (χ3v) is 6.13. The number of thiazole rings is 1. The lowest BCUT2D eigenvalue weighted by Crippen LogP contribution is -2.42. The summed E-state index contributed by atoms with van der Waals surface area (Å²) in [6.07, 6.45) is 0.835. The Hall–Kier alpha value is -3.06. The summed E-state index contributed by atoms with van der Waals surface area (Å²) in [7, 11) is 0. The zero-order valence-corrected chi connectivity index (χ0v) is 16.3. The fraction of sp³-hybridized carbons (Fsp3) is 0.238. The maximum absolute atomic E-state index is 13.4. The standard InChI is InChI=1S/C21H19N5OS/c1-14-23-24-19-12-25(11-16(26(14)19)10-15-6-3-2-4-7-15)21(27)17-8-5-9-18-20(17)28-13-22-18/h2-9,13,16H,10-12H2,1H3/t16-/m1/s1. The minimum atomic E-state index is 0.0276. The average molecular weight is 389 g/mol. The fourth-order valence-corrected chi connectivity index (χ4v) is 4.78. The molecule has 6 nitrogen and oxygen atoms in total. The minimum absolute atomic E-state index is 0.0276. The van der Waals surface area contributed by atoms with Crippen molar-refractivity contribution in [2.75, 3.05) is 6.54 Å². The van der Waals surface area contributed by atoms with Crippen LogP contribution < -0.4 is 0 Å². The number of nitrogens with zero attached hydrogens (tertiary/aromatic N) is 5. The second kappa shape index (κ2) is 6.83. The van der Waals surface area contributed by atoms with Crippen molar-refractivity contribution >= 4 is 27.5 Å². The van der Waals surface area contributed by atoms with Gasteiger partial charge in [-0.25, -0.2) is 4.98 Å². The highest BCUT2D eigenvalue weighted by molar-refractivity contribution is 7.17. The van der Waals surface area contributed by atoms with Gasteiger partial charge in [0.2, 0.25) is 0 Å². The summed E-state index contributed by atoms with van der Waals surface area (Å²) >= 11 is 1.51. The Morgan fingerprint density at radius 3 is 2.86 bits per heavy atom. The Kier molecular flexibility index (Phi) is 4.16. The van der Waals surface area contributed by atoms with Gasteiger partial charge in [0.05, 0.1) is 33.9 Å². The quantitative estimate of drug-likeness (QED) is 0.537. The van der Waals surface area contributed by atoms with Crippen LogP contribution in [-0.4, -0.2) is 37.1 Å². The van der Waals surface area contributed by atoms with Crippen molar-refractivity contribution in [2.24, 2.45) is 0 Å². The van der Waals surface area contributed by atoms with E-state index < -0.39 is 0 Å².